The zero-order valence-electron chi connectivity index (χ0n) is 13.4. The molecule has 0 saturated heterocycles. The summed E-state index contributed by atoms with van der Waals surface area (Å²) in [5, 5.41) is 22.8. The van der Waals surface area contributed by atoms with Crippen LogP contribution in [0.1, 0.15) is 15.9 Å². The Balaban J connectivity index is 1.68. The molecule has 0 fully saturated rings. The lowest BCUT2D eigenvalue weighted by Crippen LogP contribution is -2.13. The third-order valence-electron chi connectivity index (χ3n) is 3.37. The van der Waals surface area contributed by atoms with E-state index >= 15 is 0 Å². The summed E-state index contributed by atoms with van der Waals surface area (Å²) in [7, 11) is 0. The van der Waals surface area contributed by atoms with Crippen LogP contribution >= 0.6 is 46.3 Å². The number of rotatable bonds is 6. The first-order valence-electron chi connectivity index (χ1n) is 7.39. The minimum Gasteiger partial charge on any atom is -0.296 e. The molecule has 1 N–H and O–H groups in total. The number of nitrogens with one attached hydrogen (secondary N) is 1. The predicted octanol–water partition coefficient (Wildman–Crippen LogP) is 5.30. The zero-order chi connectivity index (χ0) is 19.4. The summed E-state index contributed by atoms with van der Waals surface area (Å²) >= 11 is 14.8. The van der Waals surface area contributed by atoms with Crippen molar-refractivity contribution in [3.63, 3.8) is 0 Å². The van der Waals surface area contributed by atoms with Crippen LogP contribution in [0.3, 0.4) is 0 Å². The summed E-state index contributed by atoms with van der Waals surface area (Å²) < 4.78 is 0.601. The van der Waals surface area contributed by atoms with Crippen LogP contribution in [0.2, 0.25) is 10.0 Å². The highest BCUT2D eigenvalue weighted by Gasteiger charge is 2.20. The van der Waals surface area contributed by atoms with E-state index in [1.54, 1.807) is 24.3 Å². The van der Waals surface area contributed by atoms with Gasteiger partial charge in [0.15, 0.2) is 4.34 Å². The van der Waals surface area contributed by atoms with Gasteiger partial charge in [-0.15, -0.1) is 10.2 Å². The number of nitrogens with zero attached hydrogens (tertiary/aromatic N) is 3. The lowest BCUT2D eigenvalue weighted by atomic mass is 10.1. The molecular weight excluding hydrogens is 431 g/mol. The van der Waals surface area contributed by atoms with E-state index in [4.69, 9.17) is 23.2 Å². The number of carbonyl (C=O) groups is 1. The number of nitro groups is 1. The van der Waals surface area contributed by atoms with E-state index in [0.29, 0.717) is 20.1 Å². The van der Waals surface area contributed by atoms with Gasteiger partial charge in [-0.25, -0.2) is 0 Å². The number of halogens is 2. The first-order chi connectivity index (χ1) is 13.0. The SMILES string of the molecule is O=C(Nc1nnc(SCc2c(Cl)cccc2Cl)s1)c1ccccc1[N+](=O)[O-]. The smallest absolute Gasteiger partial charge is 0.282 e. The molecule has 1 aromatic heterocycles. The molecule has 3 aromatic rings. The molecular formula is C16H10Cl2N4O3S2. The van der Waals surface area contributed by atoms with Crippen molar-refractivity contribution in [3.05, 3.63) is 73.8 Å². The third-order valence-corrected chi connectivity index (χ3v) is 6.08. The summed E-state index contributed by atoms with van der Waals surface area (Å²) in [5.41, 5.74) is 0.462. The van der Waals surface area contributed by atoms with Crippen LogP contribution < -0.4 is 5.32 Å². The Kier molecular flexibility index (Phi) is 6.27. The normalized spacial score (nSPS) is 10.6. The van der Waals surface area contributed by atoms with E-state index in [-0.39, 0.29) is 16.4 Å². The quantitative estimate of drug-likeness (QED) is 0.241. The predicted molar refractivity (Wildman–Crippen MR) is 107 cm³/mol. The van der Waals surface area contributed by atoms with Crippen LogP contribution in [0.4, 0.5) is 10.8 Å². The third kappa shape index (κ3) is 4.75. The molecule has 11 heteroatoms. The number of anilines is 1. The summed E-state index contributed by atoms with van der Waals surface area (Å²) in [4.78, 5) is 22.7. The molecule has 0 atom stereocenters. The average Bonchev–Trinajstić information content (AvgIpc) is 3.08. The fraction of sp³-hybridized carbons (Fsp3) is 0.0625. The highest BCUT2D eigenvalue weighted by molar-refractivity contribution is 8.00. The van der Waals surface area contributed by atoms with Crippen LogP contribution in [0, 0.1) is 10.1 Å². The van der Waals surface area contributed by atoms with Crippen LogP contribution in [0.15, 0.2) is 46.8 Å². The molecule has 0 aliphatic rings. The second-order valence-corrected chi connectivity index (χ2v) is 8.10. The van der Waals surface area contributed by atoms with Crippen LogP contribution in [-0.4, -0.2) is 21.0 Å². The Hall–Kier alpha value is -2.20. The second kappa shape index (κ2) is 8.66. The van der Waals surface area contributed by atoms with E-state index in [1.807, 2.05) is 0 Å². The molecule has 0 spiro atoms. The summed E-state index contributed by atoms with van der Waals surface area (Å²) in [6, 6.07) is 11.0. The molecule has 138 valence electrons. The maximum Gasteiger partial charge on any atom is 0.282 e. The molecule has 27 heavy (non-hydrogen) atoms. The number of nitro benzene ring substituents is 1. The van der Waals surface area contributed by atoms with Crippen molar-refractivity contribution in [1.82, 2.24) is 10.2 Å². The van der Waals surface area contributed by atoms with Crippen molar-refractivity contribution in [2.75, 3.05) is 5.32 Å². The lowest BCUT2D eigenvalue weighted by Gasteiger charge is -2.04. The summed E-state index contributed by atoms with van der Waals surface area (Å²) in [6.45, 7) is 0. The van der Waals surface area contributed by atoms with Gasteiger partial charge in [-0.3, -0.25) is 20.2 Å². The maximum absolute atomic E-state index is 12.3. The second-order valence-electron chi connectivity index (χ2n) is 5.09. The molecule has 0 unspecified atom stereocenters. The number of carbonyl (C=O) groups excluding carboxylic acids is 1. The van der Waals surface area contributed by atoms with E-state index in [0.717, 1.165) is 16.9 Å². The minimum atomic E-state index is -0.621. The lowest BCUT2D eigenvalue weighted by molar-refractivity contribution is -0.385. The van der Waals surface area contributed by atoms with Gasteiger partial charge in [0.05, 0.1) is 4.92 Å². The Morgan fingerprint density at radius 2 is 1.85 bits per heavy atom. The van der Waals surface area contributed by atoms with Crippen molar-refractivity contribution in [1.29, 1.82) is 0 Å². The highest BCUT2D eigenvalue weighted by Crippen LogP contribution is 2.33. The average molecular weight is 441 g/mol. The minimum absolute atomic E-state index is 0.0465. The first-order valence-corrected chi connectivity index (χ1v) is 9.95. The van der Waals surface area contributed by atoms with Gasteiger partial charge in [-0.05, 0) is 23.8 Å². The van der Waals surface area contributed by atoms with Crippen molar-refractivity contribution in [2.45, 2.75) is 10.1 Å². The molecule has 1 heterocycles. The summed E-state index contributed by atoms with van der Waals surface area (Å²) in [6.07, 6.45) is 0. The Bertz CT molecular complexity index is 993. The molecule has 7 nitrogen and oxygen atoms in total. The highest BCUT2D eigenvalue weighted by atomic mass is 35.5. The standard InChI is InChI=1S/C16H10Cl2N4O3S2/c17-11-5-3-6-12(18)10(11)8-26-16-21-20-15(27-16)19-14(23)9-4-1-2-7-13(9)22(24)25/h1-7H,8H2,(H,19,20,23). The Labute approximate surface area is 171 Å². The molecule has 0 aliphatic carbocycles. The molecule has 3 rings (SSSR count). The van der Waals surface area contributed by atoms with Crippen LogP contribution in [0.5, 0.6) is 0 Å². The van der Waals surface area contributed by atoms with Gasteiger partial charge in [-0.2, -0.15) is 0 Å². The van der Waals surface area contributed by atoms with E-state index < -0.39 is 10.8 Å². The Morgan fingerprint density at radius 1 is 1.15 bits per heavy atom. The van der Waals surface area contributed by atoms with Crippen molar-refractivity contribution in [3.8, 4) is 0 Å². The fourth-order valence-electron chi connectivity index (χ4n) is 2.11. The largest absolute Gasteiger partial charge is 0.296 e. The fourth-order valence-corrected chi connectivity index (χ4v) is 4.60. The number of hydrogen-bond acceptors (Lipinski definition) is 7. The van der Waals surface area contributed by atoms with Crippen molar-refractivity contribution < 1.29 is 9.72 Å². The number of benzene rings is 2. The number of thioether (sulfide) groups is 1. The number of hydrogen-bond donors (Lipinski definition) is 1. The molecule has 2 aromatic carbocycles. The van der Waals surface area contributed by atoms with E-state index in [9.17, 15) is 14.9 Å². The van der Waals surface area contributed by atoms with E-state index in [2.05, 4.69) is 15.5 Å². The van der Waals surface area contributed by atoms with Gasteiger partial charge >= 0.3 is 0 Å². The van der Waals surface area contributed by atoms with Gasteiger partial charge in [0.1, 0.15) is 5.56 Å². The first kappa shape index (κ1) is 19.6. The van der Waals surface area contributed by atoms with E-state index in [1.165, 1.54) is 30.0 Å². The van der Waals surface area contributed by atoms with Crippen LogP contribution in [0.25, 0.3) is 0 Å². The van der Waals surface area contributed by atoms with Gasteiger partial charge in [0, 0.05) is 21.9 Å². The molecule has 0 aliphatic heterocycles. The summed E-state index contributed by atoms with van der Waals surface area (Å²) in [5.74, 6) is -0.130. The molecule has 0 bridgehead atoms. The molecule has 0 radical (unpaired) electrons. The van der Waals surface area contributed by atoms with Gasteiger partial charge < -0.3 is 0 Å². The van der Waals surface area contributed by atoms with Gasteiger partial charge in [0.25, 0.3) is 11.6 Å². The number of para-hydroxylation sites is 1. The van der Waals surface area contributed by atoms with Gasteiger partial charge in [-0.1, -0.05) is 64.5 Å². The topological polar surface area (TPSA) is 98.0 Å². The van der Waals surface area contributed by atoms with Crippen molar-refractivity contribution in [2.24, 2.45) is 0 Å². The molecule has 0 saturated carbocycles. The zero-order valence-corrected chi connectivity index (χ0v) is 16.5. The van der Waals surface area contributed by atoms with Crippen molar-refractivity contribution >= 4 is 63.0 Å². The van der Waals surface area contributed by atoms with Crippen LogP contribution in [-0.2, 0) is 5.75 Å². The number of amides is 1. The monoisotopic (exact) mass is 440 g/mol. The van der Waals surface area contributed by atoms with Gasteiger partial charge in [0.2, 0.25) is 5.13 Å². The number of aromatic nitrogens is 2. The Morgan fingerprint density at radius 3 is 2.56 bits per heavy atom. The molecule has 1 amide bonds. The maximum atomic E-state index is 12.3.